The third-order valence-corrected chi connectivity index (χ3v) is 3.76. The number of carbonyl (C=O) groups excluding carboxylic acids is 1. The number of amides is 1. The number of halogens is 2. The van der Waals surface area contributed by atoms with Crippen molar-refractivity contribution >= 4 is 35.1 Å². The molecule has 1 heterocycles. The number of aliphatic carboxylic acids is 1. The molecule has 0 aliphatic carbocycles. The summed E-state index contributed by atoms with van der Waals surface area (Å²) in [5.41, 5.74) is 0.802. The Balaban J connectivity index is 2.21. The summed E-state index contributed by atoms with van der Waals surface area (Å²) in [5.74, 6) is -1.83. The van der Waals surface area contributed by atoms with Crippen LogP contribution in [0.1, 0.15) is 24.2 Å². The fourth-order valence-electron chi connectivity index (χ4n) is 1.98. The molecule has 2 rings (SSSR count). The van der Waals surface area contributed by atoms with Crippen LogP contribution in [0.25, 0.3) is 5.69 Å². The summed E-state index contributed by atoms with van der Waals surface area (Å²) in [7, 11) is 0. The monoisotopic (exact) mass is 355 g/mol. The first kappa shape index (κ1) is 17.3. The Hall–Kier alpha value is -2.05. The number of nitrogens with zero attached hydrogens (tertiary/aromatic N) is 2. The molecule has 2 aromatic rings. The van der Waals surface area contributed by atoms with E-state index < -0.39 is 17.9 Å². The van der Waals surface area contributed by atoms with Crippen molar-refractivity contribution in [2.45, 2.75) is 19.9 Å². The highest BCUT2D eigenvalue weighted by atomic mass is 35.5. The van der Waals surface area contributed by atoms with E-state index in [4.69, 9.17) is 28.3 Å². The Morgan fingerprint density at radius 3 is 2.57 bits per heavy atom. The second kappa shape index (κ2) is 7.02. The van der Waals surface area contributed by atoms with E-state index in [-0.39, 0.29) is 11.5 Å². The van der Waals surface area contributed by atoms with Gasteiger partial charge in [-0.1, -0.05) is 37.0 Å². The van der Waals surface area contributed by atoms with Gasteiger partial charge < -0.3 is 10.4 Å². The van der Waals surface area contributed by atoms with E-state index in [9.17, 15) is 9.59 Å². The van der Waals surface area contributed by atoms with Crippen molar-refractivity contribution in [2.24, 2.45) is 5.92 Å². The molecule has 0 fully saturated rings. The number of aromatic nitrogens is 2. The number of hydrogen-bond donors (Lipinski definition) is 2. The Labute approximate surface area is 143 Å². The SMILES string of the molecule is CC(C)[C@@H](NC(=O)c1cnn(-c2ccc(Cl)cc2Cl)c1)C(=O)O. The fraction of sp³-hybridized carbons (Fsp3) is 0.267. The van der Waals surface area contributed by atoms with E-state index in [1.165, 1.54) is 17.1 Å². The molecule has 23 heavy (non-hydrogen) atoms. The van der Waals surface area contributed by atoms with Gasteiger partial charge in [-0.3, -0.25) is 4.79 Å². The van der Waals surface area contributed by atoms with Gasteiger partial charge in [-0.05, 0) is 24.1 Å². The third-order valence-electron chi connectivity index (χ3n) is 3.22. The molecule has 0 saturated heterocycles. The molecule has 1 atom stereocenters. The average molecular weight is 356 g/mol. The van der Waals surface area contributed by atoms with Crippen LogP contribution in [-0.4, -0.2) is 32.8 Å². The molecule has 0 radical (unpaired) electrons. The van der Waals surface area contributed by atoms with Crippen LogP contribution < -0.4 is 5.32 Å². The van der Waals surface area contributed by atoms with Gasteiger partial charge in [0.25, 0.3) is 5.91 Å². The van der Waals surface area contributed by atoms with Gasteiger partial charge in [-0.2, -0.15) is 5.10 Å². The molecule has 8 heteroatoms. The van der Waals surface area contributed by atoms with Crippen molar-refractivity contribution in [2.75, 3.05) is 0 Å². The summed E-state index contributed by atoms with van der Waals surface area (Å²) in [4.78, 5) is 23.3. The molecule has 1 aromatic heterocycles. The highest BCUT2D eigenvalue weighted by Gasteiger charge is 2.24. The molecule has 0 saturated carbocycles. The summed E-state index contributed by atoms with van der Waals surface area (Å²) in [6.45, 7) is 3.44. The maximum atomic E-state index is 12.2. The molecule has 0 aliphatic rings. The zero-order chi connectivity index (χ0) is 17.1. The number of carbonyl (C=O) groups is 2. The predicted octanol–water partition coefficient (Wildman–Crippen LogP) is 3.02. The minimum Gasteiger partial charge on any atom is -0.480 e. The van der Waals surface area contributed by atoms with Gasteiger partial charge in [0.2, 0.25) is 0 Å². The molecular weight excluding hydrogens is 341 g/mol. The summed E-state index contributed by atoms with van der Waals surface area (Å²) >= 11 is 11.9. The minimum atomic E-state index is -1.08. The molecule has 1 aromatic carbocycles. The van der Waals surface area contributed by atoms with Gasteiger partial charge in [0.15, 0.2) is 0 Å². The third kappa shape index (κ3) is 4.03. The van der Waals surface area contributed by atoms with E-state index in [1.54, 1.807) is 32.0 Å². The lowest BCUT2D eigenvalue weighted by Crippen LogP contribution is -2.44. The lowest BCUT2D eigenvalue weighted by molar-refractivity contribution is -0.140. The standard InChI is InChI=1S/C15H15Cl2N3O3/c1-8(2)13(15(22)23)19-14(21)9-6-18-20(7-9)12-4-3-10(16)5-11(12)17/h3-8,13H,1-2H3,(H,19,21)(H,22,23)/t13-/m1/s1. The molecule has 6 nitrogen and oxygen atoms in total. The first-order valence-corrected chi connectivity index (χ1v) is 7.59. The molecule has 0 unspecified atom stereocenters. The molecule has 0 spiro atoms. The molecule has 0 aliphatic heterocycles. The maximum absolute atomic E-state index is 12.2. The summed E-state index contributed by atoms with van der Waals surface area (Å²) in [5, 5.41) is 16.5. The quantitative estimate of drug-likeness (QED) is 0.863. The molecule has 2 N–H and O–H groups in total. The van der Waals surface area contributed by atoms with Crippen LogP contribution in [0.2, 0.25) is 10.0 Å². The Morgan fingerprint density at radius 1 is 1.30 bits per heavy atom. The van der Waals surface area contributed by atoms with Crippen LogP contribution in [-0.2, 0) is 4.79 Å². The lowest BCUT2D eigenvalue weighted by Gasteiger charge is -2.17. The summed E-state index contributed by atoms with van der Waals surface area (Å²) < 4.78 is 1.43. The normalized spacial score (nSPS) is 12.2. The van der Waals surface area contributed by atoms with Crippen LogP contribution in [0, 0.1) is 5.92 Å². The second-order valence-electron chi connectivity index (χ2n) is 5.30. The molecule has 122 valence electrons. The zero-order valence-electron chi connectivity index (χ0n) is 12.5. The smallest absolute Gasteiger partial charge is 0.326 e. The number of benzene rings is 1. The summed E-state index contributed by atoms with van der Waals surface area (Å²) in [6.07, 6.45) is 2.82. The van der Waals surface area contributed by atoms with Gasteiger partial charge in [-0.25, -0.2) is 9.48 Å². The Bertz CT molecular complexity index is 743. The van der Waals surface area contributed by atoms with Crippen molar-refractivity contribution in [1.82, 2.24) is 15.1 Å². The number of nitrogens with one attached hydrogen (secondary N) is 1. The topological polar surface area (TPSA) is 84.2 Å². The van der Waals surface area contributed by atoms with Crippen LogP contribution in [0.5, 0.6) is 0 Å². The van der Waals surface area contributed by atoms with Crippen molar-refractivity contribution in [3.8, 4) is 5.69 Å². The molecular formula is C15H15Cl2N3O3. The predicted molar refractivity (Wildman–Crippen MR) is 87.3 cm³/mol. The second-order valence-corrected chi connectivity index (χ2v) is 6.15. The van der Waals surface area contributed by atoms with E-state index in [0.717, 1.165) is 0 Å². The number of rotatable bonds is 5. The first-order valence-electron chi connectivity index (χ1n) is 6.83. The number of carboxylic acid groups (broad SMARTS) is 1. The largest absolute Gasteiger partial charge is 0.480 e. The van der Waals surface area contributed by atoms with E-state index in [1.807, 2.05) is 0 Å². The fourth-order valence-corrected chi connectivity index (χ4v) is 2.47. The van der Waals surface area contributed by atoms with Gasteiger partial charge in [-0.15, -0.1) is 0 Å². The highest BCUT2D eigenvalue weighted by Crippen LogP contribution is 2.24. The van der Waals surface area contributed by atoms with Gasteiger partial charge in [0.1, 0.15) is 6.04 Å². The van der Waals surface area contributed by atoms with Crippen LogP contribution in [0.15, 0.2) is 30.6 Å². The van der Waals surface area contributed by atoms with E-state index in [0.29, 0.717) is 15.7 Å². The van der Waals surface area contributed by atoms with Crippen LogP contribution >= 0.6 is 23.2 Å². The van der Waals surface area contributed by atoms with E-state index >= 15 is 0 Å². The zero-order valence-corrected chi connectivity index (χ0v) is 14.0. The lowest BCUT2D eigenvalue weighted by atomic mass is 10.0. The number of carboxylic acids is 1. The van der Waals surface area contributed by atoms with Crippen molar-refractivity contribution in [3.63, 3.8) is 0 Å². The highest BCUT2D eigenvalue weighted by molar-refractivity contribution is 6.35. The Kier molecular flexibility index (Phi) is 5.28. The Morgan fingerprint density at radius 2 is 2.00 bits per heavy atom. The minimum absolute atomic E-state index is 0.239. The number of hydrogen-bond acceptors (Lipinski definition) is 3. The van der Waals surface area contributed by atoms with Gasteiger partial charge >= 0.3 is 5.97 Å². The molecule has 1 amide bonds. The van der Waals surface area contributed by atoms with Crippen molar-refractivity contribution in [1.29, 1.82) is 0 Å². The van der Waals surface area contributed by atoms with E-state index in [2.05, 4.69) is 10.4 Å². The van der Waals surface area contributed by atoms with Gasteiger partial charge in [0.05, 0.1) is 22.5 Å². The summed E-state index contributed by atoms with van der Waals surface area (Å²) in [6, 6.07) is 3.93. The van der Waals surface area contributed by atoms with Gasteiger partial charge in [0, 0.05) is 11.2 Å². The van der Waals surface area contributed by atoms with Crippen LogP contribution in [0.4, 0.5) is 0 Å². The van der Waals surface area contributed by atoms with Crippen molar-refractivity contribution in [3.05, 3.63) is 46.2 Å². The first-order chi connectivity index (χ1) is 10.8. The average Bonchev–Trinajstić information content (AvgIpc) is 2.93. The maximum Gasteiger partial charge on any atom is 0.326 e. The van der Waals surface area contributed by atoms with Crippen molar-refractivity contribution < 1.29 is 14.7 Å². The molecule has 0 bridgehead atoms. The van der Waals surface area contributed by atoms with Crippen LogP contribution in [0.3, 0.4) is 0 Å².